The van der Waals surface area contributed by atoms with E-state index in [1.807, 2.05) is 18.2 Å². The molecule has 1 unspecified atom stereocenters. The Morgan fingerprint density at radius 3 is 2.57 bits per heavy atom. The summed E-state index contributed by atoms with van der Waals surface area (Å²) in [5.41, 5.74) is 3.77. The normalized spacial score (nSPS) is 14.8. The second-order valence-electron chi connectivity index (χ2n) is 7.22. The predicted molar refractivity (Wildman–Crippen MR) is 111 cm³/mol. The first-order valence-electron chi connectivity index (χ1n) is 9.93. The maximum Gasteiger partial charge on any atom is 0.224 e. The van der Waals surface area contributed by atoms with Gasteiger partial charge in [-0.2, -0.15) is 0 Å². The lowest BCUT2D eigenvalue weighted by Gasteiger charge is -2.35. The second kappa shape index (κ2) is 9.60. The maximum atomic E-state index is 12.5. The average molecular weight is 383 g/mol. The molecule has 0 radical (unpaired) electrons. The van der Waals surface area contributed by atoms with Gasteiger partial charge in [-0.05, 0) is 41.7 Å². The first kappa shape index (κ1) is 20.2. The van der Waals surface area contributed by atoms with Gasteiger partial charge >= 0.3 is 0 Å². The number of benzene rings is 2. The molecule has 1 aliphatic rings. The van der Waals surface area contributed by atoms with E-state index in [0.717, 1.165) is 31.5 Å². The third kappa shape index (κ3) is 4.84. The van der Waals surface area contributed by atoms with Crippen LogP contribution in [0.25, 0.3) is 0 Å². The van der Waals surface area contributed by atoms with Gasteiger partial charge in [0.25, 0.3) is 0 Å². The summed E-state index contributed by atoms with van der Waals surface area (Å²) in [7, 11) is 3.21. The van der Waals surface area contributed by atoms with Crippen LogP contribution in [0.3, 0.4) is 0 Å². The number of nitrogens with one attached hydrogen (secondary N) is 1. The van der Waals surface area contributed by atoms with E-state index in [2.05, 4.69) is 41.4 Å². The Hall–Kier alpha value is -2.53. The van der Waals surface area contributed by atoms with Crippen molar-refractivity contribution in [2.45, 2.75) is 38.8 Å². The Morgan fingerprint density at radius 2 is 1.86 bits per heavy atom. The molecular weight excluding hydrogens is 352 g/mol. The van der Waals surface area contributed by atoms with Crippen molar-refractivity contribution >= 4 is 5.91 Å². The minimum absolute atomic E-state index is 0.0306. The van der Waals surface area contributed by atoms with Crippen molar-refractivity contribution in [1.29, 1.82) is 0 Å². The largest absolute Gasteiger partial charge is 0.493 e. The SMILES string of the molecule is CCC(CNC(=O)Cc1ccc(OC)c(OC)c1)N1CCc2ccccc2C1. The summed E-state index contributed by atoms with van der Waals surface area (Å²) < 4.78 is 10.6. The summed E-state index contributed by atoms with van der Waals surface area (Å²) in [4.78, 5) is 15.0. The number of rotatable bonds is 8. The molecule has 0 aliphatic carbocycles. The topological polar surface area (TPSA) is 50.8 Å². The first-order chi connectivity index (χ1) is 13.6. The molecule has 1 N–H and O–H groups in total. The Morgan fingerprint density at radius 1 is 1.11 bits per heavy atom. The molecule has 5 nitrogen and oxygen atoms in total. The van der Waals surface area contributed by atoms with Crippen LogP contribution >= 0.6 is 0 Å². The van der Waals surface area contributed by atoms with Crippen LogP contribution in [0.1, 0.15) is 30.0 Å². The molecule has 2 aromatic carbocycles. The number of amides is 1. The van der Waals surface area contributed by atoms with E-state index in [1.165, 1.54) is 11.1 Å². The fourth-order valence-corrected chi connectivity index (χ4v) is 3.83. The molecule has 0 saturated heterocycles. The molecule has 1 amide bonds. The molecule has 0 fully saturated rings. The van der Waals surface area contributed by atoms with Crippen molar-refractivity contribution in [1.82, 2.24) is 10.2 Å². The van der Waals surface area contributed by atoms with E-state index >= 15 is 0 Å². The number of carbonyl (C=O) groups excluding carboxylic acids is 1. The molecule has 150 valence electrons. The van der Waals surface area contributed by atoms with Crippen LogP contribution in [0.4, 0.5) is 0 Å². The van der Waals surface area contributed by atoms with Gasteiger partial charge in [0.2, 0.25) is 5.91 Å². The van der Waals surface area contributed by atoms with Crippen LogP contribution in [-0.4, -0.2) is 44.2 Å². The Bertz CT molecular complexity index is 806. The minimum Gasteiger partial charge on any atom is -0.493 e. The lowest BCUT2D eigenvalue weighted by Crippen LogP contribution is -2.46. The van der Waals surface area contributed by atoms with Gasteiger partial charge in [0.15, 0.2) is 11.5 Å². The summed E-state index contributed by atoms with van der Waals surface area (Å²) in [6.45, 7) is 4.86. The van der Waals surface area contributed by atoms with E-state index in [9.17, 15) is 4.79 Å². The van der Waals surface area contributed by atoms with E-state index in [-0.39, 0.29) is 5.91 Å². The Kier molecular flexibility index (Phi) is 6.93. The zero-order chi connectivity index (χ0) is 19.9. The fraction of sp³-hybridized carbons (Fsp3) is 0.435. The van der Waals surface area contributed by atoms with Crippen molar-refractivity contribution in [2.75, 3.05) is 27.3 Å². The van der Waals surface area contributed by atoms with Crippen molar-refractivity contribution in [3.63, 3.8) is 0 Å². The van der Waals surface area contributed by atoms with Crippen LogP contribution in [0.5, 0.6) is 11.5 Å². The summed E-state index contributed by atoms with van der Waals surface area (Å²) in [6.07, 6.45) is 2.42. The lowest BCUT2D eigenvalue weighted by atomic mass is 9.98. The number of hydrogen-bond donors (Lipinski definition) is 1. The van der Waals surface area contributed by atoms with E-state index in [1.54, 1.807) is 14.2 Å². The molecule has 1 atom stereocenters. The average Bonchev–Trinajstić information content (AvgIpc) is 2.74. The standard InChI is InChI=1S/C23H30N2O3/c1-4-20(25-12-11-18-7-5-6-8-19(18)16-25)15-24-23(26)14-17-9-10-21(27-2)22(13-17)28-3/h5-10,13,20H,4,11-12,14-16H2,1-3H3,(H,24,26). The molecule has 3 rings (SSSR count). The van der Waals surface area contributed by atoms with Gasteiger partial charge in [0, 0.05) is 25.7 Å². The number of nitrogens with zero attached hydrogens (tertiary/aromatic N) is 1. The third-order valence-corrected chi connectivity index (χ3v) is 5.50. The molecule has 0 spiro atoms. The van der Waals surface area contributed by atoms with Gasteiger partial charge in [0.1, 0.15) is 0 Å². The van der Waals surface area contributed by atoms with Crippen molar-refractivity contribution < 1.29 is 14.3 Å². The van der Waals surface area contributed by atoms with Gasteiger partial charge in [-0.1, -0.05) is 37.3 Å². The highest BCUT2D eigenvalue weighted by Gasteiger charge is 2.22. The van der Waals surface area contributed by atoms with Gasteiger partial charge in [-0.25, -0.2) is 0 Å². The summed E-state index contributed by atoms with van der Waals surface area (Å²) in [5, 5.41) is 3.12. The zero-order valence-corrected chi connectivity index (χ0v) is 17.0. The molecule has 1 heterocycles. The minimum atomic E-state index is 0.0306. The lowest BCUT2D eigenvalue weighted by molar-refractivity contribution is -0.120. The maximum absolute atomic E-state index is 12.5. The van der Waals surface area contributed by atoms with Gasteiger partial charge < -0.3 is 14.8 Å². The Labute approximate surface area is 167 Å². The van der Waals surface area contributed by atoms with Crippen molar-refractivity contribution in [2.24, 2.45) is 0 Å². The van der Waals surface area contributed by atoms with Crippen LogP contribution in [0, 0.1) is 0 Å². The van der Waals surface area contributed by atoms with Gasteiger partial charge in [-0.3, -0.25) is 9.69 Å². The van der Waals surface area contributed by atoms with Crippen molar-refractivity contribution in [3.05, 3.63) is 59.2 Å². The number of hydrogen-bond acceptors (Lipinski definition) is 4. The van der Waals surface area contributed by atoms with E-state index in [0.29, 0.717) is 30.5 Å². The van der Waals surface area contributed by atoms with E-state index < -0.39 is 0 Å². The fourth-order valence-electron chi connectivity index (χ4n) is 3.83. The Balaban J connectivity index is 1.54. The summed E-state index contributed by atoms with van der Waals surface area (Å²) in [6, 6.07) is 14.6. The summed E-state index contributed by atoms with van der Waals surface area (Å²) in [5.74, 6) is 1.34. The van der Waals surface area contributed by atoms with Gasteiger partial charge in [-0.15, -0.1) is 0 Å². The number of methoxy groups -OCH3 is 2. The second-order valence-corrected chi connectivity index (χ2v) is 7.22. The summed E-state index contributed by atoms with van der Waals surface area (Å²) >= 11 is 0. The highest BCUT2D eigenvalue weighted by atomic mass is 16.5. The van der Waals surface area contributed by atoms with Gasteiger partial charge in [0.05, 0.1) is 20.6 Å². The molecule has 5 heteroatoms. The monoisotopic (exact) mass is 382 g/mol. The third-order valence-electron chi connectivity index (χ3n) is 5.50. The number of fused-ring (bicyclic) bond motifs is 1. The molecular formula is C23H30N2O3. The zero-order valence-electron chi connectivity index (χ0n) is 17.0. The van der Waals surface area contributed by atoms with Crippen LogP contribution < -0.4 is 14.8 Å². The highest BCUT2D eigenvalue weighted by molar-refractivity contribution is 5.78. The van der Waals surface area contributed by atoms with Crippen LogP contribution in [0.15, 0.2) is 42.5 Å². The number of ether oxygens (including phenoxy) is 2. The number of carbonyl (C=O) groups is 1. The van der Waals surface area contributed by atoms with E-state index in [4.69, 9.17) is 9.47 Å². The van der Waals surface area contributed by atoms with Crippen molar-refractivity contribution in [3.8, 4) is 11.5 Å². The van der Waals surface area contributed by atoms with Crippen LogP contribution in [-0.2, 0) is 24.2 Å². The van der Waals surface area contributed by atoms with Crippen LogP contribution in [0.2, 0.25) is 0 Å². The highest BCUT2D eigenvalue weighted by Crippen LogP contribution is 2.27. The smallest absolute Gasteiger partial charge is 0.224 e. The molecule has 0 saturated carbocycles. The molecule has 0 bridgehead atoms. The molecule has 28 heavy (non-hydrogen) atoms. The quantitative estimate of drug-likeness (QED) is 0.762. The first-order valence-corrected chi connectivity index (χ1v) is 9.93. The molecule has 0 aromatic heterocycles. The molecule has 2 aromatic rings. The molecule has 1 aliphatic heterocycles. The predicted octanol–water partition coefficient (Wildman–Crippen LogP) is 3.20.